The van der Waals surface area contributed by atoms with Crippen molar-refractivity contribution in [3.8, 4) is 0 Å². The Morgan fingerprint density at radius 3 is 2.89 bits per heavy atom. The van der Waals surface area contributed by atoms with Gasteiger partial charge in [-0.05, 0) is 48.9 Å². The number of ether oxygens (including phenoxy) is 1. The van der Waals surface area contributed by atoms with Gasteiger partial charge < -0.3 is 14.1 Å². The molecule has 0 bridgehead atoms. The van der Waals surface area contributed by atoms with Crippen LogP contribution in [0.5, 0.6) is 0 Å². The van der Waals surface area contributed by atoms with Crippen molar-refractivity contribution < 1.29 is 13.9 Å². The van der Waals surface area contributed by atoms with Gasteiger partial charge in [-0.2, -0.15) is 0 Å². The molecule has 27 heavy (non-hydrogen) atoms. The summed E-state index contributed by atoms with van der Waals surface area (Å²) in [7, 11) is 0. The molecule has 1 saturated heterocycles. The van der Waals surface area contributed by atoms with Crippen LogP contribution >= 0.6 is 11.3 Å². The van der Waals surface area contributed by atoms with Crippen LogP contribution in [0.2, 0.25) is 0 Å². The third-order valence-electron chi connectivity index (χ3n) is 4.88. The maximum atomic E-state index is 13.2. The smallest absolute Gasteiger partial charge is 0.290 e. The molecule has 3 heterocycles. The van der Waals surface area contributed by atoms with E-state index in [1.165, 1.54) is 6.07 Å². The SMILES string of the molecule is Cc1ccsc1CN(C[C@@H]1CCCO1)C(=O)c1cc(=O)c2ccccc2o1. The monoisotopic (exact) mass is 383 g/mol. The molecule has 0 spiro atoms. The molecule has 6 heteroatoms. The predicted octanol–water partition coefficient (Wildman–Crippen LogP) is 3.98. The van der Waals surface area contributed by atoms with Crippen molar-refractivity contribution in [1.29, 1.82) is 0 Å². The van der Waals surface area contributed by atoms with Gasteiger partial charge in [0.1, 0.15) is 5.58 Å². The van der Waals surface area contributed by atoms with Crippen LogP contribution in [-0.2, 0) is 11.3 Å². The maximum Gasteiger partial charge on any atom is 0.290 e. The average molecular weight is 383 g/mol. The van der Waals surface area contributed by atoms with E-state index in [1.54, 1.807) is 40.5 Å². The first-order valence-electron chi connectivity index (χ1n) is 9.08. The molecule has 0 N–H and O–H groups in total. The number of carbonyl (C=O) groups excluding carboxylic acids is 1. The zero-order chi connectivity index (χ0) is 18.8. The number of nitrogens with zero attached hydrogens (tertiary/aromatic N) is 1. The molecule has 0 saturated carbocycles. The number of fused-ring (bicyclic) bond motifs is 1. The number of thiophene rings is 1. The van der Waals surface area contributed by atoms with E-state index in [0.717, 1.165) is 29.9 Å². The maximum absolute atomic E-state index is 13.2. The molecule has 5 nitrogen and oxygen atoms in total. The van der Waals surface area contributed by atoms with E-state index in [-0.39, 0.29) is 23.2 Å². The molecule has 4 rings (SSSR count). The molecule has 0 radical (unpaired) electrons. The van der Waals surface area contributed by atoms with Gasteiger partial charge >= 0.3 is 0 Å². The van der Waals surface area contributed by atoms with Crippen molar-refractivity contribution in [3.05, 3.63) is 68.2 Å². The summed E-state index contributed by atoms with van der Waals surface area (Å²) >= 11 is 1.63. The normalized spacial score (nSPS) is 16.7. The number of para-hydroxylation sites is 1. The van der Waals surface area contributed by atoms with Gasteiger partial charge in [-0.25, -0.2) is 0 Å². The van der Waals surface area contributed by atoms with E-state index < -0.39 is 0 Å². The van der Waals surface area contributed by atoms with E-state index in [4.69, 9.17) is 9.15 Å². The Kier molecular flexibility index (Phi) is 5.09. The third kappa shape index (κ3) is 3.82. The summed E-state index contributed by atoms with van der Waals surface area (Å²) in [6.07, 6.45) is 1.98. The number of hydrogen-bond donors (Lipinski definition) is 0. The second-order valence-corrected chi connectivity index (χ2v) is 7.82. The Morgan fingerprint density at radius 2 is 2.15 bits per heavy atom. The summed E-state index contributed by atoms with van der Waals surface area (Å²) < 4.78 is 11.5. The number of hydrogen-bond acceptors (Lipinski definition) is 5. The molecule has 2 aromatic heterocycles. The summed E-state index contributed by atoms with van der Waals surface area (Å²) in [5.74, 6) is -0.202. The van der Waals surface area contributed by atoms with E-state index in [0.29, 0.717) is 24.1 Å². The summed E-state index contributed by atoms with van der Waals surface area (Å²) in [6, 6.07) is 10.3. The number of carbonyl (C=O) groups is 1. The zero-order valence-electron chi connectivity index (χ0n) is 15.1. The quantitative estimate of drug-likeness (QED) is 0.669. The fourth-order valence-electron chi connectivity index (χ4n) is 3.36. The molecule has 1 aliphatic rings. The van der Waals surface area contributed by atoms with Crippen molar-refractivity contribution in [2.24, 2.45) is 0 Å². The van der Waals surface area contributed by atoms with Crippen LogP contribution in [0.4, 0.5) is 0 Å². The van der Waals surface area contributed by atoms with Gasteiger partial charge in [-0.1, -0.05) is 12.1 Å². The molecule has 1 amide bonds. The van der Waals surface area contributed by atoms with Crippen LogP contribution in [0.25, 0.3) is 11.0 Å². The third-order valence-corrected chi connectivity index (χ3v) is 5.89. The number of aryl methyl sites for hydroxylation is 1. The van der Waals surface area contributed by atoms with E-state index in [9.17, 15) is 9.59 Å². The van der Waals surface area contributed by atoms with Crippen molar-refractivity contribution >= 4 is 28.2 Å². The summed E-state index contributed by atoms with van der Waals surface area (Å²) in [5, 5.41) is 2.50. The molecule has 1 fully saturated rings. The number of rotatable bonds is 5. The summed E-state index contributed by atoms with van der Waals surface area (Å²) in [5.41, 5.74) is 1.38. The Hall–Kier alpha value is -2.44. The molecule has 140 valence electrons. The van der Waals surface area contributed by atoms with Gasteiger partial charge in [0.25, 0.3) is 5.91 Å². The van der Waals surface area contributed by atoms with Gasteiger partial charge in [0, 0.05) is 24.1 Å². The van der Waals surface area contributed by atoms with Gasteiger partial charge in [0.15, 0.2) is 11.2 Å². The summed E-state index contributed by atoms with van der Waals surface area (Å²) in [4.78, 5) is 28.5. The molecule has 0 aliphatic carbocycles. The van der Waals surface area contributed by atoms with Crippen molar-refractivity contribution in [2.45, 2.75) is 32.4 Å². The lowest BCUT2D eigenvalue weighted by atomic mass is 10.2. The Morgan fingerprint density at radius 1 is 1.30 bits per heavy atom. The lowest BCUT2D eigenvalue weighted by molar-refractivity contribution is 0.0486. The lowest BCUT2D eigenvalue weighted by Gasteiger charge is -2.25. The zero-order valence-corrected chi connectivity index (χ0v) is 16.0. The van der Waals surface area contributed by atoms with Crippen LogP contribution in [0.3, 0.4) is 0 Å². The highest BCUT2D eigenvalue weighted by molar-refractivity contribution is 7.10. The second kappa shape index (κ2) is 7.66. The highest BCUT2D eigenvalue weighted by Crippen LogP contribution is 2.22. The van der Waals surface area contributed by atoms with Crippen LogP contribution in [0, 0.1) is 6.92 Å². The molecular weight excluding hydrogens is 362 g/mol. The van der Waals surface area contributed by atoms with Gasteiger partial charge in [-0.15, -0.1) is 11.3 Å². The Bertz CT molecular complexity index is 1020. The topological polar surface area (TPSA) is 59.8 Å². The molecule has 1 aromatic carbocycles. The number of amides is 1. The molecule has 3 aromatic rings. The van der Waals surface area contributed by atoms with Crippen LogP contribution in [0.1, 0.15) is 33.8 Å². The van der Waals surface area contributed by atoms with Crippen molar-refractivity contribution in [2.75, 3.05) is 13.2 Å². The van der Waals surface area contributed by atoms with Crippen LogP contribution in [0.15, 0.2) is 51.0 Å². The Balaban J connectivity index is 1.66. The highest BCUT2D eigenvalue weighted by Gasteiger charge is 2.26. The number of benzene rings is 1. The minimum absolute atomic E-state index is 0.0291. The first-order valence-corrected chi connectivity index (χ1v) is 9.96. The molecular formula is C21H21NO4S. The van der Waals surface area contributed by atoms with Crippen molar-refractivity contribution in [3.63, 3.8) is 0 Å². The van der Waals surface area contributed by atoms with Gasteiger partial charge in [0.2, 0.25) is 0 Å². The molecule has 0 unspecified atom stereocenters. The minimum Gasteiger partial charge on any atom is -0.451 e. The van der Waals surface area contributed by atoms with E-state index in [1.807, 2.05) is 18.4 Å². The fourth-order valence-corrected chi connectivity index (χ4v) is 4.28. The largest absolute Gasteiger partial charge is 0.451 e. The average Bonchev–Trinajstić information content (AvgIpc) is 3.33. The Labute approximate surface area is 161 Å². The highest BCUT2D eigenvalue weighted by atomic mass is 32.1. The molecule has 1 atom stereocenters. The first-order chi connectivity index (χ1) is 13.1. The lowest BCUT2D eigenvalue weighted by Crippen LogP contribution is -2.37. The van der Waals surface area contributed by atoms with Gasteiger partial charge in [0.05, 0.1) is 18.0 Å². The van der Waals surface area contributed by atoms with E-state index in [2.05, 4.69) is 0 Å². The predicted molar refractivity (Wildman–Crippen MR) is 105 cm³/mol. The first kappa shape index (κ1) is 17.9. The fraction of sp³-hybridized carbons (Fsp3) is 0.333. The summed E-state index contributed by atoms with van der Waals surface area (Å²) in [6.45, 7) is 3.75. The minimum atomic E-state index is -0.277. The van der Waals surface area contributed by atoms with Gasteiger partial charge in [-0.3, -0.25) is 9.59 Å². The molecule has 1 aliphatic heterocycles. The van der Waals surface area contributed by atoms with E-state index >= 15 is 0 Å². The second-order valence-electron chi connectivity index (χ2n) is 6.82. The standard InChI is InChI=1S/C21H21NO4S/c1-14-8-10-27-20(14)13-22(12-15-5-4-9-25-15)21(24)19-11-17(23)16-6-2-3-7-18(16)26-19/h2-3,6-8,10-11,15H,4-5,9,12-13H2,1H3/t15-/m0/s1. The van der Waals surface area contributed by atoms with Crippen LogP contribution in [-0.4, -0.2) is 30.1 Å². The van der Waals surface area contributed by atoms with Crippen molar-refractivity contribution in [1.82, 2.24) is 4.90 Å². The van der Waals surface area contributed by atoms with Crippen LogP contribution < -0.4 is 5.43 Å².